The van der Waals surface area contributed by atoms with Crippen LogP contribution in [-0.4, -0.2) is 21.0 Å². The molecule has 5 nitrogen and oxygen atoms in total. The van der Waals surface area contributed by atoms with E-state index in [1.54, 1.807) is 0 Å². The summed E-state index contributed by atoms with van der Waals surface area (Å²) < 4.78 is 0. The molecular weight excluding hydrogens is 178 g/mol. The van der Waals surface area contributed by atoms with Crippen molar-refractivity contribution in [1.29, 1.82) is 0 Å². The number of rotatable bonds is 3. The highest BCUT2D eigenvalue weighted by atomic mass is 15.2. The lowest BCUT2D eigenvalue weighted by molar-refractivity contribution is 0.684. The summed E-state index contributed by atoms with van der Waals surface area (Å²) in [7, 11) is 0. The van der Waals surface area contributed by atoms with Gasteiger partial charge in [0.1, 0.15) is 5.82 Å². The Morgan fingerprint density at radius 2 is 2.07 bits per heavy atom. The molecule has 1 atom stereocenters. The Bertz CT molecular complexity index is 314. The SMILES string of the molecule is Cc1nc(N)nc(NC(C)C2CC2)n1. The third kappa shape index (κ3) is 2.10. The first kappa shape index (κ1) is 9.18. The van der Waals surface area contributed by atoms with Gasteiger partial charge in [0.05, 0.1) is 0 Å². The number of nitrogens with zero attached hydrogens (tertiary/aromatic N) is 3. The maximum atomic E-state index is 5.52. The van der Waals surface area contributed by atoms with Gasteiger partial charge >= 0.3 is 0 Å². The number of nitrogens with two attached hydrogens (primary N) is 1. The van der Waals surface area contributed by atoms with Gasteiger partial charge in [-0.3, -0.25) is 0 Å². The fourth-order valence-electron chi connectivity index (χ4n) is 1.48. The fourth-order valence-corrected chi connectivity index (χ4v) is 1.48. The number of hydrogen-bond donors (Lipinski definition) is 2. The zero-order valence-electron chi connectivity index (χ0n) is 8.49. The number of hydrogen-bond acceptors (Lipinski definition) is 5. The molecule has 0 bridgehead atoms. The van der Waals surface area contributed by atoms with E-state index in [4.69, 9.17) is 5.73 Å². The molecule has 1 fully saturated rings. The minimum absolute atomic E-state index is 0.281. The van der Waals surface area contributed by atoms with E-state index in [0.717, 1.165) is 5.92 Å². The summed E-state index contributed by atoms with van der Waals surface area (Å²) in [6.45, 7) is 3.96. The van der Waals surface area contributed by atoms with Crippen molar-refractivity contribution >= 4 is 11.9 Å². The van der Waals surface area contributed by atoms with Gasteiger partial charge in [-0.1, -0.05) is 0 Å². The molecule has 0 amide bonds. The Morgan fingerprint density at radius 1 is 1.36 bits per heavy atom. The highest BCUT2D eigenvalue weighted by Crippen LogP contribution is 2.33. The van der Waals surface area contributed by atoms with Crippen LogP contribution in [0, 0.1) is 12.8 Å². The van der Waals surface area contributed by atoms with Crippen molar-refractivity contribution in [3.8, 4) is 0 Å². The Labute approximate surface area is 83.2 Å². The molecule has 0 saturated heterocycles. The minimum atomic E-state index is 0.281. The highest BCUT2D eigenvalue weighted by molar-refractivity contribution is 5.32. The molecule has 14 heavy (non-hydrogen) atoms. The summed E-state index contributed by atoms with van der Waals surface area (Å²) in [6, 6.07) is 0.427. The Morgan fingerprint density at radius 3 is 2.64 bits per heavy atom. The summed E-state index contributed by atoms with van der Waals surface area (Å²) >= 11 is 0. The summed E-state index contributed by atoms with van der Waals surface area (Å²) in [4.78, 5) is 12.1. The Balaban J connectivity index is 2.07. The molecule has 0 spiro atoms. The normalized spacial score (nSPS) is 17.9. The maximum Gasteiger partial charge on any atom is 0.227 e. The zero-order chi connectivity index (χ0) is 10.1. The minimum Gasteiger partial charge on any atom is -0.368 e. The van der Waals surface area contributed by atoms with Crippen LogP contribution in [0.25, 0.3) is 0 Å². The molecule has 5 heteroatoms. The summed E-state index contributed by atoms with van der Waals surface area (Å²) in [5.74, 6) is 2.30. The van der Waals surface area contributed by atoms with Crippen LogP contribution < -0.4 is 11.1 Å². The number of aromatic nitrogens is 3. The standard InChI is InChI=1S/C9H15N5/c1-5(7-3-4-7)11-9-13-6(2)12-8(10)14-9/h5,7H,3-4H2,1-2H3,(H3,10,11,12,13,14). The third-order valence-electron chi connectivity index (χ3n) is 2.45. The molecule has 2 rings (SSSR count). The lowest BCUT2D eigenvalue weighted by Crippen LogP contribution is -2.20. The average Bonchev–Trinajstić information content (AvgIpc) is 2.82. The van der Waals surface area contributed by atoms with Gasteiger partial charge < -0.3 is 11.1 Å². The lowest BCUT2D eigenvalue weighted by Gasteiger charge is -2.12. The summed E-state index contributed by atoms with van der Waals surface area (Å²) in [6.07, 6.45) is 2.60. The van der Waals surface area contributed by atoms with Crippen LogP contribution in [-0.2, 0) is 0 Å². The van der Waals surface area contributed by atoms with E-state index in [9.17, 15) is 0 Å². The van der Waals surface area contributed by atoms with Crippen molar-refractivity contribution in [2.75, 3.05) is 11.1 Å². The van der Waals surface area contributed by atoms with Crippen LogP contribution in [0.1, 0.15) is 25.6 Å². The van der Waals surface area contributed by atoms with Gasteiger partial charge in [-0.15, -0.1) is 0 Å². The first-order valence-corrected chi connectivity index (χ1v) is 4.90. The molecule has 1 aliphatic carbocycles. The maximum absolute atomic E-state index is 5.52. The molecule has 1 aromatic rings. The summed E-state index contributed by atoms with van der Waals surface area (Å²) in [5, 5.41) is 3.24. The van der Waals surface area contributed by atoms with Crippen molar-refractivity contribution in [1.82, 2.24) is 15.0 Å². The van der Waals surface area contributed by atoms with Crippen molar-refractivity contribution in [3.05, 3.63) is 5.82 Å². The first-order chi connectivity index (χ1) is 6.65. The van der Waals surface area contributed by atoms with E-state index in [2.05, 4.69) is 27.2 Å². The Kier molecular flexibility index (Phi) is 2.23. The zero-order valence-corrected chi connectivity index (χ0v) is 8.49. The summed E-state index contributed by atoms with van der Waals surface area (Å²) in [5.41, 5.74) is 5.52. The van der Waals surface area contributed by atoms with Gasteiger partial charge in [-0.05, 0) is 32.6 Å². The second-order valence-electron chi connectivity index (χ2n) is 3.83. The topological polar surface area (TPSA) is 76.7 Å². The van der Waals surface area contributed by atoms with Crippen LogP contribution in [0.5, 0.6) is 0 Å². The predicted octanol–water partition coefficient (Wildman–Crippen LogP) is 0.973. The number of nitrogens with one attached hydrogen (secondary N) is 1. The molecule has 1 aliphatic rings. The molecule has 1 saturated carbocycles. The van der Waals surface area contributed by atoms with Crippen molar-refractivity contribution < 1.29 is 0 Å². The van der Waals surface area contributed by atoms with E-state index >= 15 is 0 Å². The van der Waals surface area contributed by atoms with E-state index in [-0.39, 0.29) is 5.95 Å². The molecule has 1 heterocycles. The van der Waals surface area contributed by atoms with Gasteiger partial charge in [0, 0.05) is 6.04 Å². The number of aryl methyl sites for hydroxylation is 1. The molecule has 76 valence electrons. The van der Waals surface area contributed by atoms with Gasteiger partial charge in [0.2, 0.25) is 11.9 Å². The lowest BCUT2D eigenvalue weighted by atomic mass is 10.2. The monoisotopic (exact) mass is 193 g/mol. The van der Waals surface area contributed by atoms with Gasteiger partial charge in [0.15, 0.2) is 0 Å². The second-order valence-corrected chi connectivity index (χ2v) is 3.83. The van der Waals surface area contributed by atoms with E-state index in [1.165, 1.54) is 12.8 Å². The Hall–Kier alpha value is -1.39. The van der Waals surface area contributed by atoms with Gasteiger partial charge in [0.25, 0.3) is 0 Å². The van der Waals surface area contributed by atoms with Crippen LogP contribution in [0.2, 0.25) is 0 Å². The van der Waals surface area contributed by atoms with Crippen molar-refractivity contribution in [2.45, 2.75) is 32.7 Å². The van der Waals surface area contributed by atoms with E-state index in [1.807, 2.05) is 6.92 Å². The third-order valence-corrected chi connectivity index (χ3v) is 2.45. The largest absolute Gasteiger partial charge is 0.368 e. The van der Waals surface area contributed by atoms with Gasteiger partial charge in [-0.2, -0.15) is 15.0 Å². The van der Waals surface area contributed by atoms with Crippen molar-refractivity contribution in [3.63, 3.8) is 0 Å². The van der Waals surface area contributed by atoms with Crippen LogP contribution in [0.3, 0.4) is 0 Å². The van der Waals surface area contributed by atoms with Crippen molar-refractivity contribution in [2.24, 2.45) is 5.92 Å². The molecule has 1 aromatic heterocycles. The van der Waals surface area contributed by atoms with Crippen LogP contribution >= 0.6 is 0 Å². The smallest absolute Gasteiger partial charge is 0.227 e. The predicted molar refractivity (Wildman–Crippen MR) is 54.8 cm³/mol. The van der Waals surface area contributed by atoms with Crippen LogP contribution in [0.4, 0.5) is 11.9 Å². The van der Waals surface area contributed by atoms with Gasteiger partial charge in [-0.25, -0.2) is 0 Å². The number of nitrogen functional groups attached to an aromatic ring is 1. The quantitative estimate of drug-likeness (QED) is 0.748. The highest BCUT2D eigenvalue weighted by Gasteiger charge is 2.28. The second kappa shape index (κ2) is 3.40. The first-order valence-electron chi connectivity index (χ1n) is 4.90. The molecular formula is C9H15N5. The molecule has 0 aromatic carbocycles. The number of anilines is 2. The van der Waals surface area contributed by atoms with Crippen LogP contribution in [0.15, 0.2) is 0 Å². The molecule has 0 radical (unpaired) electrons. The molecule has 0 aliphatic heterocycles. The fraction of sp³-hybridized carbons (Fsp3) is 0.667. The molecule has 3 N–H and O–H groups in total. The molecule has 1 unspecified atom stereocenters. The van der Waals surface area contributed by atoms with E-state index in [0.29, 0.717) is 17.8 Å². The average molecular weight is 193 g/mol. The van der Waals surface area contributed by atoms with E-state index < -0.39 is 0 Å².